The van der Waals surface area contributed by atoms with Crippen molar-refractivity contribution in [3.05, 3.63) is 52.8 Å². The molecule has 0 radical (unpaired) electrons. The quantitative estimate of drug-likeness (QED) is 0.848. The van der Waals surface area contributed by atoms with Crippen molar-refractivity contribution in [3.63, 3.8) is 0 Å². The number of carboxylic acid groups (broad SMARTS) is 1. The Morgan fingerprint density at radius 2 is 1.74 bits per heavy atom. The lowest BCUT2D eigenvalue weighted by Gasteiger charge is -2.33. The van der Waals surface area contributed by atoms with Crippen LogP contribution in [0.3, 0.4) is 0 Å². The van der Waals surface area contributed by atoms with E-state index in [9.17, 15) is 14.7 Å². The minimum Gasteiger partial charge on any atom is -0.481 e. The van der Waals surface area contributed by atoms with E-state index in [1.165, 1.54) is 0 Å². The average Bonchev–Trinajstić information content (AvgIpc) is 2.99. The Morgan fingerprint density at radius 3 is 2.33 bits per heavy atom. The normalized spacial score (nSPS) is 16.1. The van der Waals surface area contributed by atoms with E-state index >= 15 is 0 Å². The zero-order valence-electron chi connectivity index (χ0n) is 16.0. The zero-order chi connectivity index (χ0) is 19.6. The first kappa shape index (κ1) is 19.2. The van der Waals surface area contributed by atoms with E-state index in [1.807, 2.05) is 55.7 Å². The van der Waals surface area contributed by atoms with Gasteiger partial charge in [0.05, 0.1) is 16.7 Å². The van der Waals surface area contributed by atoms with Crippen LogP contribution in [-0.2, 0) is 9.53 Å². The number of benzene rings is 1. The average molecular weight is 370 g/mol. The molecule has 27 heavy (non-hydrogen) atoms. The highest BCUT2D eigenvalue weighted by molar-refractivity contribution is 5.98. The molecule has 2 heterocycles. The molecule has 2 aromatic rings. The third kappa shape index (κ3) is 3.76. The highest BCUT2D eigenvalue weighted by atomic mass is 16.5. The van der Waals surface area contributed by atoms with Crippen LogP contribution in [0.2, 0.25) is 0 Å². The van der Waals surface area contributed by atoms with Crippen LogP contribution in [0.4, 0.5) is 0 Å². The third-order valence-electron chi connectivity index (χ3n) is 5.40. The van der Waals surface area contributed by atoms with Crippen molar-refractivity contribution < 1.29 is 19.4 Å². The summed E-state index contributed by atoms with van der Waals surface area (Å²) in [7, 11) is 0. The second-order valence-corrected chi connectivity index (χ2v) is 7.35. The van der Waals surface area contributed by atoms with E-state index in [2.05, 4.69) is 5.32 Å². The summed E-state index contributed by atoms with van der Waals surface area (Å²) < 4.78 is 7.33. The number of rotatable bonds is 5. The summed E-state index contributed by atoms with van der Waals surface area (Å²) in [5, 5.41) is 12.6. The minimum atomic E-state index is -0.961. The Hall–Kier alpha value is -2.60. The van der Waals surface area contributed by atoms with Crippen molar-refractivity contribution in [2.75, 3.05) is 19.8 Å². The molecule has 1 aliphatic rings. The molecule has 1 aromatic heterocycles. The van der Waals surface area contributed by atoms with Crippen LogP contribution >= 0.6 is 0 Å². The standard InChI is InChI=1S/C21H26N2O4/c1-14-4-7-18(23-15(2)5-6-16(23)3)17(12-14)19(24)22-13-21(20(25)26)8-10-27-11-9-21/h4-7,12H,8-11,13H2,1-3H3,(H,22,24)(H,25,26). The summed E-state index contributed by atoms with van der Waals surface area (Å²) >= 11 is 0. The fourth-order valence-electron chi connectivity index (χ4n) is 3.65. The van der Waals surface area contributed by atoms with E-state index in [0.29, 0.717) is 31.6 Å². The van der Waals surface area contributed by atoms with Gasteiger partial charge in [0.25, 0.3) is 5.91 Å². The van der Waals surface area contributed by atoms with E-state index in [0.717, 1.165) is 22.6 Å². The molecule has 1 aliphatic heterocycles. The van der Waals surface area contributed by atoms with Crippen LogP contribution in [0, 0.1) is 26.2 Å². The lowest BCUT2D eigenvalue weighted by molar-refractivity contribution is -0.154. The van der Waals surface area contributed by atoms with Crippen molar-refractivity contribution in [1.29, 1.82) is 0 Å². The van der Waals surface area contributed by atoms with Crippen LogP contribution in [0.1, 0.15) is 40.2 Å². The number of hydrogen-bond donors (Lipinski definition) is 2. The molecule has 0 bridgehead atoms. The van der Waals surface area contributed by atoms with Gasteiger partial charge in [-0.2, -0.15) is 0 Å². The van der Waals surface area contributed by atoms with E-state index in [1.54, 1.807) is 0 Å². The van der Waals surface area contributed by atoms with Gasteiger partial charge in [-0.05, 0) is 57.9 Å². The maximum absolute atomic E-state index is 13.0. The molecule has 0 unspecified atom stereocenters. The minimum absolute atomic E-state index is 0.0988. The summed E-state index contributed by atoms with van der Waals surface area (Å²) in [6, 6.07) is 9.78. The van der Waals surface area contributed by atoms with E-state index in [-0.39, 0.29) is 12.5 Å². The molecule has 3 rings (SSSR count). The molecule has 0 saturated carbocycles. The van der Waals surface area contributed by atoms with Gasteiger partial charge in [0, 0.05) is 31.1 Å². The van der Waals surface area contributed by atoms with E-state index in [4.69, 9.17) is 4.74 Å². The van der Waals surface area contributed by atoms with Gasteiger partial charge in [-0.1, -0.05) is 11.6 Å². The SMILES string of the molecule is Cc1ccc(-n2c(C)ccc2C)c(C(=O)NCC2(C(=O)O)CCOCC2)c1. The molecular weight excluding hydrogens is 344 g/mol. The zero-order valence-corrected chi connectivity index (χ0v) is 16.0. The number of hydrogen-bond acceptors (Lipinski definition) is 3. The number of aryl methyl sites for hydroxylation is 3. The Morgan fingerprint density at radius 1 is 1.11 bits per heavy atom. The van der Waals surface area contributed by atoms with Crippen LogP contribution in [-0.4, -0.2) is 41.3 Å². The highest BCUT2D eigenvalue weighted by Gasteiger charge is 2.40. The Labute approximate surface area is 159 Å². The Balaban J connectivity index is 1.89. The maximum atomic E-state index is 13.0. The number of nitrogens with one attached hydrogen (secondary N) is 1. The summed E-state index contributed by atoms with van der Waals surface area (Å²) in [6.45, 7) is 6.83. The molecule has 144 valence electrons. The predicted octanol–water partition coefficient (Wildman–Crippen LogP) is 3.01. The molecule has 1 saturated heterocycles. The summed E-state index contributed by atoms with van der Waals surface area (Å²) in [5.41, 5.74) is 3.44. The second-order valence-electron chi connectivity index (χ2n) is 7.35. The third-order valence-corrected chi connectivity index (χ3v) is 5.40. The number of aromatic nitrogens is 1. The molecule has 6 heteroatoms. The summed E-state index contributed by atoms with van der Waals surface area (Å²) in [5.74, 6) is -1.14. The van der Waals surface area contributed by atoms with Crippen LogP contribution in [0.25, 0.3) is 5.69 Å². The lowest BCUT2D eigenvalue weighted by atomic mass is 9.80. The molecule has 0 atom stereocenters. The van der Waals surface area contributed by atoms with Crippen molar-refractivity contribution in [2.45, 2.75) is 33.6 Å². The Kier molecular flexibility index (Phi) is 5.37. The summed E-state index contributed by atoms with van der Waals surface area (Å²) in [6.07, 6.45) is 0.804. The summed E-state index contributed by atoms with van der Waals surface area (Å²) in [4.78, 5) is 24.8. The molecular formula is C21H26N2O4. The van der Waals surface area contributed by atoms with Crippen LogP contribution < -0.4 is 5.32 Å². The van der Waals surface area contributed by atoms with Gasteiger partial charge in [0.15, 0.2) is 0 Å². The number of amides is 1. The first-order chi connectivity index (χ1) is 12.8. The number of carbonyl (C=O) groups is 2. The number of aliphatic carboxylic acids is 1. The topological polar surface area (TPSA) is 80.6 Å². The predicted molar refractivity (Wildman–Crippen MR) is 102 cm³/mol. The molecule has 1 fully saturated rings. The fraction of sp³-hybridized carbons (Fsp3) is 0.429. The van der Waals surface area contributed by atoms with Crippen molar-refractivity contribution in [3.8, 4) is 5.69 Å². The van der Waals surface area contributed by atoms with Gasteiger partial charge in [-0.25, -0.2) is 0 Å². The van der Waals surface area contributed by atoms with Crippen molar-refractivity contribution >= 4 is 11.9 Å². The van der Waals surface area contributed by atoms with E-state index < -0.39 is 11.4 Å². The van der Waals surface area contributed by atoms with Gasteiger partial charge < -0.3 is 19.7 Å². The van der Waals surface area contributed by atoms with Gasteiger partial charge in [0.1, 0.15) is 0 Å². The van der Waals surface area contributed by atoms with Gasteiger partial charge in [0.2, 0.25) is 0 Å². The molecule has 1 amide bonds. The number of carbonyl (C=O) groups excluding carboxylic acids is 1. The first-order valence-electron chi connectivity index (χ1n) is 9.19. The molecule has 0 aliphatic carbocycles. The molecule has 6 nitrogen and oxygen atoms in total. The molecule has 1 aromatic carbocycles. The van der Waals surface area contributed by atoms with Gasteiger partial charge >= 0.3 is 5.97 Å². The van der Waals surface area contributed by atoms with Crippen LogP contribution in [0.15, 0.2) is 30.3 Å². The monoisotopic (exact) mass is 370 g/mol. The smallest absolute Gasteiger partial charge is 0.311 e. The molecule has 0 spiro atoms. The van der Waals surface area contributed by atoms with Crippen molar-refractivity contribution in [1.82, 2.24) is 9.88 Å². The largest absolute Gasteiger partial charge is 0.481 e. The number of nitrogens with zero attached hydrogens (tertiary/aromatic N) is 1. The van der Waals surface area contributed by atoms with Gasteiger partial charge in [-0.3, -0.25) is 9.59 Å². The lowest BCUT2D eigenvalue weighted by Crippen LogP contribution is -2.46. The fourth-order valence-corrected chi connectivity index (χ4v) is 3.65. The Bertz CT molecular complexity index is 844. The molecule has 2 N–H and O–H groups in total. The number of carboxylic acids is 1. The first-order valence-corrected chi connectivity index (χ1v) is 9.19. The number of ether oxygens (including phenoxy) is 1. The highest BCUT2D eigenvalue weighted by Crippen LogP contribution is 2.30. The van der Waals surface area contributed by atoms with Crippen LogP contribution in [0.5, 0.6) is 0 Å². The van der Waals surface area contributed by atoms with Crippen molar-refractivity contribution in [2.24, 2.45) is 5.41 Å². The maximum Gasteiger partial charge on any atom is 0.311 e. The van der Waals surface area contributed by atoms with Gasteiger partial charge in [-0.15, -0.1) is 0 Å². The second kappa shape index (κ2) is 7.56.